The van der Waals surface area contributed by atoms with E-state index >= 15 is 0 Å². The number of aliphatic carboxylic acids is 2. The van der Waals surface area contributed by atoms with Gasteiger partial charge in [-0.3, -0.25) is 24.1 Å². The zero-order chi connectivity index (χ0) is 26.1. The lowest BCUT2D eigenvalue weighted by Crippen LogP contribution is -2.66. The maximum absolute atomic E-state index is 13.3. The minimum atomic E-state index is -1.71. The molecule has 4 rings (SSSR count). The largest absolute Gasteiger partial charge is 0.481 e. The van der Waals surface area contributed by atoms with Gasteiger partial charge in [0.2, 0.25) is 5.91 Å². The van der Waals surface area contributed by atoms with E-state index in [0.717, 1.165) is 9.80 Å². The van der Waals surface area contributed by atoms with Crippen molar-refractivity contribution in [3.63, 3.8) is 0 Å². The predicted molar refractivity (Wildman–Crippen MR) is 123 cm³/mol. The molecule has 2 aromatic carbocycles. The van der Waals surface area contributed by atoms with Crippen LogP contribution in [-0.4, -0.2) is 74.6 Å². The molecule has 2 N–H and O–H groups in total. The van der Waals surface area contributed by atoms with Gasteiger partial charge < -0.3 is 24.6 Å². The lowest BCUT2D eigenvalue weighted by atomic mass is 9.99. The van der Waals surface area contributed by atoms with Gasteiger partial charge in [-0.2, -0.15) is 0 Å². The molecule has 3 atom stereocenters. The molecule has 3 unspecified atom stereocenters. The molecule has 2 amide bonds. The Balaban J connectivity index is 1.59. The number of carboxylic acid groups (broad SMARTS) is 2. The first-order valence-electron chi connectivity index (χ1n) is 10.5. The molecular formula is C23H18Cl2N2O9. The van der Waals surface area contributed by atoms with Gasteiger partial charge in [-0.05, 0) is 29.8 Å². The van der Waals surface area contributed by atoms with Crippen molar-refractivity contribution in [1.29, 1.82) is 0 Å². The molecule has 2 saturated heterocycles. The quantitative estimate of drug-likeness (QED) is 0.483. The maximum atomic E-state index is 13.3. The summed E-state index contributed by atoms with van der Waals surface area (Å²) in [6.07, 6.45) is -2.57. The lowest BCUT2D eigenvalue weighted by molar-refractivity contribution is -0.175. The number of halogens is 2. The van der Waals surface area contributed by atoms with Crippen LogP contribution in [0.25, 0.3) is 0 Å². The second kappa shape index (κ2) is 10.0. The molecule has 36 heavy (non-hydrogen) atoms. The number of piperazine rings is 1. The van der Waals surface area contributed by atoms with Gasteiger partial charge >= 0.3 is 17.9 Å². The van der Waals surface area contributed by atoms with E-state index in [1.807, 2.05) is 0 Å². The summed E-state index contributed by atoms with van der Waals surface area (Å²) < 4.78 is 10.7. The summed E-state index contributed by atoms with van der Waals surface area (Å²) in [5.74, 6) is -4.86. The van der Waals surface area contributed by atoms with Crippen molar-refractivity contribution in [2.45, 2.75) is 31.2 Å². The molecule has 2 heterocycles. The summed E-state index contributed by atoms with van der Waals surface area (Å²) in [6, 6.07) is 8.43. The van der Waals surface area contributed by atoms with Crippen LogP contribution < -0.4 is 4.74 Å². The lowest BCUT2D eigenvalue weighted by Gasteiger charge is -2.41. The van der Waals surface area contributed by atoms with Crippen LogP contribution in [0.15, 0.2) is 42.5 Å². The summed E-state index contributed by atoms with van der Waals surface area (Å²) in [5, 5.41) is 19.0. The average Bonchev–Trinajstić information content (AvgIpc) is 3.13. The van der Waals surface area contributed by atoms with E-state index < -0.39 is 61.0 Å². The van der Waals surface area contributed by atoms with Crippen molar-refractivity contribution >= 4 is 52.9 Å². The monoisotopic (exact) mass is 536 g/mol. The molecule has 13 heteroatoms. The fourth-order valence-corrected chi connectivity index (χ4v) is 4.53. The second-order valence-corrected chi connectivity index (χ2v) is 8.84. The number of carbonyl (C=O) groups is 5. The number of rotatable bonds is 8. The van der Waals surface area contributed by atoms with Crippen molar-refractivity contribution in [1.82, 2.24) is 9.80 Å². The van der Waals surface area contributed by atoms with Gasteiger partial charge in [-0.1, -0.05) is 41.4 Å². The highest BCUT2D eigenvalue weighted by atomic mass is 35.5. The highest BCUT2D eigenvalue weighted by molar-refractivity contribution is 6.37. The average molecular weight is 537 g/mol. The number of para-hydroxylation sites is 1. The van der Waals surface area contributed by atoms with E-state index in [-0.39, 0.29) is 12.2 Å². The number of benzene rings is 2. The van der Waals surface area contributed by atoms with Gasteiger partial charge in [0.05, 0.1) is 16.5 Å². The third-order valence-electron chi connectivity index (χ3n) is 5.66. The standard InChI is InChI=1S/C23H18Cl2N2O9/c24-13-2-1-3-14(25)19(13)35-12-6-4-11(5-7-12)8-15-20(32)27-16(9-17(28)29)23(34)36-22(27)21(33)26(15)10-18(30)31/h1-7,15-16,22H,8-10H2,(H,28,29)(H,30,31). The van der Waals surface area contributed by atoms with E-state index in [1.54, 1.807) is 42.5 Å². The Morgan fingerprint density at radius 3 is 2.14 bits per heavy atom. The molecule has 2 aromatic rings. The molecule has 2 fully saturated rings. The number of carboxylic acids is 2. The van der Waals surface area contributed by atoms with Gasteiger partial charge in [0.25, 0.3) is 12.1 Å². The Bertz CT molecular complexity index is 1230. The van der Waals surface area contributed by atoms with E-state index in [4.69, 9.17) is 37.8 Å². The summed E-state index contributed by atoms with van der Waals surface area (Å²) in [5.41, 5.74) is 0.536. The smallest absolute Gasteiger partial charge is 0.331 e. The van der Waals surface area contributed by atoms with E-state index in [0.29, 0.717) is 21.4 Å². The molecule has 0 bridgehead atoms. The third kappa shape index (κ3) is 4.93. The van der Waals surface area contributed by atoms with Crippen LogP contribution >= 0.6 is 23.2 Å². The van der Waals surface area contributed by atoms with Crippen LogP contribution in [-0.2, 0) is 35.1 Å². The highest BCUT2D eigenvalue weighted by Gasteiger charge is 2.57. The highest BCUT2D eigenvalue weighted by Crippen LogP contribution is 2.36. The Morgan fingerprint density at radius 2 is 1.56 bits per heavy atom. The molecule has 0 saturated carbocycles. The number of nitrogens with zero attached hydrogens (tertiary/aromatic N) is 2. The fourth-order valence-electron chi connectivity index (χ4n) is 4.05. The zero-order valence-corrected chi connectivity index (χ0v) is 19.8. The van der Waals surface area contributed by atoms with Crippen LogP contribution in [0.1, 0.15) is 12.0 Å². The van der Waals surface area contributed by atoms with Crippen molar-refractivity contribution in [2.75, 3.05) is 6.54 Å². The molecule has 2 aliphatic heterocycles. The number of esters is 1. The van der Waals surface area contributed by atoms with Gasteiger partial charge in [0, 0.05) is 6.42 Å². The van der Waals surface area contributed by atoms with E-state index in [9.17, 15) is 29.1 Å². The van der Waals surface area contributed by atoms with E-state index in [1.165, 1.54) is 0 Å². The second-order valence-electron chi connectivity index (χ2n) is 8.03. The van der Waals surface area contributed by atoms with Crippen molar-refractivity contribution in [3.8, 4) is 11.5 Å². The molecule has 0 aromatic heterocycles. The SMILES string of the molecule is O=C(O)CC1C(=O)OC2C(=O)N(CC(=O)O)C(Cc3ccc(Oc4c(Cl)cccc4Cl)cc3)C(=O)N12. The number of hydrogen-bond acceptors (Lipinski definition) is 7. The van der Waals surface area contributed by atoms with Crippen LogP contribution in [0.3, 0.4) is 0 Å². The predicted octanol–water partition coefficient (Wildman–Crippen LogP) is 2.18. The Morgan fingerprint density at radius 1 is 0.917 bits per heavy atom. The van der Waals surface area contributed by atoms with E-state index in [2.05, 4.69) is 0 Å². The normalized spacial score (nSPS) is 21.3. The summed E-state index contributed by atoms with van der Waals surface area (Å²) in [7, 11) is 0. The van der Waals surface area contributed by atoms with Crippen molar-refractivity contribution < 1.29 is 43.7 Å². The van der Waals surface area contributed by atoms with Crippen LogP contribution in [0.5, 0.6) is 11.5 Å². The first kappa shape index (κ1) is 25.3. The third-order valence-corrected chi connectivity index (χ3v) is 6.26. The summed E-state index contributed by atoms with van der Waals surface area (Å²) in [6.45, 7) is -0.813. The maximum Gasteiger partial charge on any atom is 0.331 e. The Hall–Kier alpha value is -3.83. The van der Waals surface area contributed by atoms with Crippen molar-refractivity contribution in [2.24, 2.45) is 0 Å². The zero-order valence-electron chi connectivity index (χ0n) is 18.3. The first-order valence-corrected chi connectivity index (χ1v) is 11.3. The number of fused-ring (bicyclic) bond motifs is 1. The molecular weight excluding hydrogens is 519 g/mol. The number of ether oxygens (including phenoxy) is 2. The Kier molecular flexibility index (Phi) is 7.04. The van der Waals surface area contributed by atoms with Gasteiger partial charge in [-0.15, -0.1) is 0 Å². The van der Waals surface area contributed by atoms with Gasteiger partial charge in [0.15, 0.2) is 5.75 Å². The van der Waals surface area contributed by atoms with Crippen molar-refractivity contribution in [3.05, 3.63) is 58.1 Å². The minimum Gasteiger partial charge on any atom is -0.481 e. The van der Waals surface area contributed by atoms with Crippen LogP contribution in [0, 0.1) is 0 Å². The topological polar surface area (TPSA) is 151 Å². The number of amides is 2. The molecule has 0 aliphatic carbocycles. The van der Waals surface area contributed by atoms with Gasteiger partial charge in [-0.25, -0.2) is 4.79 Å². The summed E-state index contributed by atoms with van der Waals surface area (Å²) in [4.78, 5) is 62.7. The molecule has 0 radical (unpaired) electrons. The fraction of sp³-hybridized carbons (Fsp3) is 0.261. The first-order chi connectivity index (χ1) is 17.1. The molecule has 0 spiro atoms. The van der Waals surface area contributed by atoms with Gasteiger partial charge in [0.1, 0.15) is 24.4 Å². The van der Waals surface area contributed by atoms with Crippen LogP contribution in [0.2, 0.25) is 10.0 Å². The number of hydrogen-bond donors (Lipinski definition) is 2. The number of carbonyl (C=O) groups excluding carboxylic acids is 3. The van der Waals surface area contributed by atoms with Crippen LogP contribution in [0.4, 0.5) is 0 Å². The molecule has 188 valence electrons. The summed E-state index contributed by atoms with van der Waals surface area (Å²) >= 11 is 12.2. The minimum absolute atomic E-state index is 0.109. The molecule has 2 aliphatic rings. The molecule has 11 nitrogen and oxygen atoms in total. The Labute approximate surface area is 213 Å².